The molecule has 1 aliphatic heterocycles. The van der Waals surface area contributed by atoms with Gasteiger partial charge in [-0.25, -0.2) is 4.79 Å². The van der Waals surface area contributed by atoms with Crippen LogP contribution in [0, 0.1) is 17.8 Å². The number of carboxylic acid groups (broad SMARTS) is 2. The second-order valence-electron chi connectivity index (χ2n) is 17.9. The first kappa shape index (κ1) is 59.1. The van der Waals surface area contributed by atoms with Crippen LogP contribution in [0.3, 0.4) is 0 Å². The number of likely N-dealkylation sites (tertiary alicyclic amines) is 1. The molecule has 9 atom stereocenters. The van der Waals surface area contributed by atoms with Crippen LogP contribution in [0.1, 0.15) is 106 Å². The fourth-order valence-electron chi connectivity index (χ4n) is 7.00. The lowest BCUT2D eigenvalue weighted by atomic mass is 10.0. The third-order valence-electron chi connectivity index (χ3n) is 10.5. The minimum atomic E-state index is -1.55. The Bertz CT molecular complexity index is 1760. The summed E-state index contributed by atoms with van der Waals surface area (Å²) >= 11 is 0. The predicted octanol–water partition coefficient (Wildman–Crippen LogP) is -3.94. The Morgan fingerprint density at radius 3 is 1.46 bits per heavy atom. The van der Waals surface area contributed by atoms with Crippen molar-refractivity contribution in [2.75, 3.05) is 19.8 Å². The first-order valence-electron chi connectivity index (χ1n) is 22.4. The lowest BCUT2D eigenvalue weighted by Gasteiger charge is -2.31. The van der Waals surface area contributed by atoms with Crippen molar-refractivity contribution in [2.24, 2.45) is 29.2 Å². The molecule has 0 spiro atoms. The number of carbonyl (C=O) groups is 11. The van der Waals surface area contributed by atoms with Crippen LogP contribution < -0.4 is 48.7 Å². The molecule has 1 saturated heterocycles. The van der Waals surface area contributed by atoms with Gasteiger partial charge in [0.2, 0.25) is 53.2 Å². The van der Waals surface area contributed by atoms with Gasteiger partial charge in [0.05, 0.1) is 13.2 Å². The van der Waals surface area contributed by atoms with E-state index in [0.29, 0.717) is 6.42 Å². The summed E-state index contributed by atoms with van der Waals surface area (Å²) in [5, 5.41) is 55.2. The molecule has 0 unspecified atom stereocenters. The highest BCUT2D eigenvalue weighted by atomic mass is 16.4. The van der Waals surface area contributed by atoms with Gasteiger partial charge < -0.3 is 74.0 Å². The number of nitrogens with one attached hydrogen (secondary N) is 7. The number of aliphatic hydroxyl groups excluding tert-OH is 2. The molecule has 0 aromatic heterocycles. The summed E-state index contributed by atoms with van der Waals surface area (Å²) in [7, 11) is 0. The van der Waals surface area contributed by atoms with Crippen LogP contribution >= 0.6 is 0 Å². The number of aliphatic hydroxyl groups is 2. The minimum Gasteiger partial charge on any atom is -0.481 e. The average molecular weight is 957 g/mol. The molecule has 0 aromatic carbocycles. The van der Waals surface area contributed by atoms with E-state index in [0.717, 1.165) is 4.90 Å². The van der Waals surface area contributed by atoms with E-state index in [2.05, 4.69) is 37.2 Å². The van der Waals surface area contributed by atoms with Crippen LogP contribution in [0.5, 0.6) is 0 Å². The second kappa shape index (κ2) is 28.9. The number of nitrogens with two attached hydrogens (primary N) is 2. The quantitative estimate of drug-likeness (QED) is 0.0327. The molecule has 0 radical (unpaired) electrons. The van der Waals surface area contributed by atoms with Crippen LogP contribution in [-0.4, -0.2) is 165 Å². The van der Waals surface area contributed by atoms with Crippen molar-refractivity contribution < 1.29 is 73.2 Å². The molecule has 15 N–H and O–H groups in total. The number of rotatable bonds is 30. The van der Waals surface area contributed by atoms with E-state index in [9.17, 15) is 73.2 Å². The third kappa shape index (κ3) is 21.0. The average Bonchev–Trinajstić information content (AvgIpc) is 3.73. The van der Waals surface area contributed by atoms with Crippen molar-refractivity contribution in [1.82, 2.24) is 42.1 Å². The van der Waals surface area contributed by atoms with Crippen molar-refractivity contribution in [3.05, 3.63) is 0 Å². The third-order valence-corrected chi connectivity index (χ3v) is 10.5. The first-order valence-corrected chi connectivity index (χ1v) is 22.4. The second-order valence-corrected chi connectivity index (χ2v) is 17.9. The molecule has 25 heteroatoms. The van der Waals surface area contributed by atoms with Crippen molar-refractivity contribution in [3.63, 3.8) is 0 Å². The first-order chi connectivity index (χ1) is 31.2. The standard InChI is InChI=1S/C42H72N10O15/c1-20(2)15-27(48-35(59)24(43)18-53)39(63)51-30(19-54)41(65)52-14-8-9-31(52)40(64)49-28(16-21(3)4)38(62)47-25(10-12-32(44)55)36(60)45-23(7)34(58)46-26(11-13-33(56)57)37(61)50-29(42(66)67)17-22(5)6/h20-31,53-54H,8-19,43H2,1-7H3,(H2,44,55)(H,45,60)(H,46,58)(H,47,62)(H,48,59)(H,49,64)(H,50,61)(H,51,63)(H,56,57)(H,66,67)/t23-,24-,25-,26-,27-,28-,29-,30-,31-/m0/s1. The molecular weight excluding hydrogens is 885 g/mol. The number of carbonyl (C=O) groups excluding carboxylic acids is 9. The molecule has 9 amide bonds. The summed E-state index contributed by atoms with van der Waals surface area (Å²) < 4.78 is 0. The van der Waals surface area contributed by atoms with E-state index < -0.39 is 152 Å². The number of hydrogen-bond acceptors (Lipinski definition) is 14. The summed E-state index contributed by atoms with van der Waals surface area (Å²) in [5.74, 6) is -11.1. The van der Waals surface area contributed by atoms with Gasteiger partial charge in [0.25, 0.3) is 0 Å². The molecule has 1 rings (SSSR count). The number of hydrogen-bond donors (Lipinski definition) is 13. The highest BCUT2D eigenvalue weighted by Gasteiger charge is 2.40. The van der Waals surface area contributed by atoms with Crippen LogP contribution in [0.25, 0.3) is 0 Å². The lowest BCUT2D eigenvalue weighted by molar-refractivity contribution is -0.143. The number of nitrogens with zero attached hydrogens (tertiary/aromatic N) is 1. The molecule has 25 nitrogen and oxygen atoms in total. The summed E-state index contributed by atoms with van der Waals surface area (Å²) in [6.07, 6.45) is -1.18. The maximum absolute atomic E-state index is 13.9. The molecule has 1 heterocycles. The van der Waals surface area contributed by atoms with E-state index in [1.54, 1.807) is 41.5 Å². The van der Waals surface area contributed by atoms with Gasteiger partial charge in [-0.2, -0.15) is 0 Å². The molecular formula is C42H72N10O15. The van der Waals surface area contributed by atoms with Crippen molar-refractivity contribution in [1.29, 1.82) is 0 Å². The molecule has 67 heavy (non-hydrogen) atoms. The van der Waals surface area contributed by atoms with E-state index in [-0.39, 0.29) is 56.4 Å². The summed E-state index contributed by atoms with van der Waals surface area (Å²) in [5.41, 5.74) is 10.9. The van der Waals surface area contributed by atoms with Crippen LogP contribution in [-0.2, 0) is 52.7 Å². The van der Waals surface area contributed by atoms with Crippen molar-refractivity contribution in [3.8, 4) is 0 Å². The molecule has 1 aliphatic rings. The molecule has 1 fully saturated rings. The number of carboxylic acids is 2. The van der Waals surface area contributed by atoms with Gasteiger partial charge in [-0.05, 0) is 69.6 Å². The Labute approximate surface area is 389 Å². The largest absolute Gasteiger partial charge is 0.481 e. The molecule has 0 aromatic rings. The highest BCUT2D eigenvalue weighted by Crippen LogP contribution is 2.20. The minimum absolute atomic E-state index is 0.0130. The van der Waals surface area contributed by atoms with Crippen molar-refractivity contribution in [2.45, 2.75) is 161 Å². The topological polar surface area (TPSA) is 408 Å². The van der Waals surface area contributed by atoms with Gasteiger partial charge in [-0.1, -0.05) is 41.5 Å². The zero-order chi connectivity index (χ0) is 51.3. The zero-order valence-electron chi connectivity index (χ0n) is 39.3. The normalized spacial score (nSPS) is 17.1. The summed E-state index contributed by atoms with van der Waals surface area (Å²) in [6.45, 7) is 10.2. The van der Waals surface area contributed by atoms with Crippen LogP contribution in [0.4, 0.5) is 0 Å². The van der Waals surface area contributed by atoms with Gasteiger partial charge in [0.15, 0.2) is 0 Å². The van der Waals surface area contributed by atoms with Gasteiger partial charge in [0, 0.05) is 19.4 Å². The number of amides is 9. The zero-order valence-corrected chi connectivity index (χ0v) is 39.3. The smallest absolute Gasteiger partial charge is 0.326 e. The van der Waals surface area contributed by atoms with Gasteiger partial charge in [-0.3, -0.25) is 47.9 Å². The van der Waals surface area contributed by atoms with E-state index in [1.165, 1.54) is 6.92 Å². The monoisotopic (exact) mass is 957 g/mol. The molecule has 0 bridgehead atoms. The number of primary amides is 1. The fraction of sp³-hybridized carbons (Fsp3) is 0.738. The number of aliphatic carboxylic acids is 2. The highest BCUT2D eigenvalue weighted by molar-refractivity contribution is 5.98. The van der Waals surface area contributed by atoms with Crippen LogP contribution in [0.2, 0.25) is 0 Å². The SMILES string of the molecule is CC(C)C[C@H](NC(=O)[C@H](CCC(=O)O)NC(=O)[C@H](C)NC(=O)[C@H](CCC(N)=O)NC(=O)[C@H](CC(C)C)NC(=O)[C@@H]1CCCN1C(=O)[C@H](CO)NC(=O)[C@H](CC(C)C)NC(=O)[C@@H](N)CO)C(=O)O. The molecule has 0 saturated carbocycles. The lowest BCUT2D eigenvalue weighted by Crippen LogP contribution is -2.60. The van der Waals surface area contributed by atoms with E-state index >= 15 is 0 Å². The molecule has 0 aliphatic carbocycles. The maximum Gasteiger partial charge on any atom is 0.326 e. The van der Waals surface area contributed by atoms with Crippen molar-refractivity contribution >= 4 is 65.1 Å². The fourth-order valence-corrected chi connectivity index (χ4v) is 7.00. The maximum atomic E-state index is 13.9. The Kier molecular flexibility index (Phi) is 25.5. The van der Waals surface area contributed by atoms with E-state index in [1.807, 2.05) is 0 Å². The summed E-state index contributed by atoms with van der Waals surface area (Å²) in [4.78, 5) is 143. The Balaban J connectivity index is 3.25. The Morgan fingerprint density at radius 1 is 0.552 bits per heavy atom. The Morgan fingerprint density at radius 2 is 0.985 bits per heavy atom. The molecule has 380 valence electrons. The summed E-state index contributed by atoms with van der Waals surface area (Å²) in [6, 6.07) is -12.4. The van der Waals surface area contributed by atoms with E-state index in [4.69, 9.17) is 11.5 Å². The predicted molar refractivity (Wildman–Crippen MR) is 237 cm³/mol. The van der Waals surface area contributed by atoms with Crippen LogP contribution in [0.15, 0.2) is 0 Å². The van der Waals surface area contributed by atoms with Gasteiger partial charge in [-0.15, -0.1) is 0 Å². The van der Waals surface area contributed by atoms with Gasteiger partial charge >= 0.3 is 11.9 Å². The van der Waals surface area contributed by atoms with Gasteiger partial charge in [0.1, 0.15) is 54.4 Å². The Hall–Kier alpha value is -5.95.